The molecule has 2 aromatic carbocycles. The Balaban J connectivity index is 1.55. The van der Waals surface area contributed by atoms with Crippen LogP contribution in [0.5, 0.6) is 0 Å². The summed E-state index contributed by atoms with van der Waals surface area (Å²) in [5.41, 5.74) is 15.0. The zero-order chi connectivity index (χ0) is 26.8. The van der Waals surface area contributed by atoms with Crippen LogP contribution < -0.4 is 16.8 Å². The van der Waals surface area contributed by atoms with Gasteiger partial charge in [0.15, 0.2) is 0 Å². The maximum absolute atomic E-state index is 12.7. The van der Waals surface area contributed by atoms with Crippen molar-refractivity contribution in [2.24, 2.45) is 0 Å². The van der Waals surface area contributed by atoms with E-state index in [0.717, 1.165) is 35.8 Å². The number of nitrogens with two attached hydrogens (primary N) is 2. The van der Waals surface area contributed by atoms with E-state index in [1.807, 2.05) is 30.3 Å². The van der Waals surface area contributed by atoms with Crippen LogP contribution in [0.1, 0.15) is 54.6 Å². The van der Waals surface area contributed by atoms with Gasteiger partial charge in [-0.3, -0.25) is 9.59 Å². The van der Waals surface area contributed by atoms with Crippen LogP contribution in [0, 0.1) is 0 Å². The number of hydrogen-bond donors (Lipinski definition) is 3. The number of anilines is 2. The first-order chi connectivity index (χ1) is 17.8. The highest BCUT2D eigenvalue weighted by molar-refractivity contribution is 5.97. The average Bonchev–Trinajstić information content (AvgIpc) is 2.87. The topological polar surface area (TPSA) is 160 Å². The van der Waals surface area contributed by atoms with Crippen LogP contribution in [-0.4, -0.2) is 47.1 Å². The van der Waals surface area contributed by atoms with Gasteiger partial charge in [-0.25, -0.2) is 9.78 Å². The summed E-state index contributed by atoms with van der Waals surface area (Å²) in [6.45, 7) is 3.82. The Hall–Kier alpha value is -4.21. The summed E-state index contributed by atoms with van der Waals surface area (Å²) in [6.07, 6.45) is 2.65. The summed E-state index contributed by atoms with van der Waals surface area (Å²) in [5, 5.41) is 3.46. The van der Waals surface area contributed by atoms with Gasteiger partial charge in [0.05, 0.1) is 18.7 Å². The highest BCUT2D eigenvalue weighted by Crippen LogP contribution is 2.21. The van der Waals surface area contributed by atoms with E-state index in [0.29, 0.717) is 16.9 Å². The molecule has 1 heterocycles. The molecule has 0 radical (unpaired) electrons. The lowest BCUT2D eigenvalue weighted by atomic mass is 10.0. The number of aromatic nitrogens is 2. The van der Waals surface area contributed by atoms with Crippen LogP contribution in [0.4, 0.5) is 11.8 Å². The SMILES string of the molecule is CCOC(=O)CC[C@@H](NC(=O)c1ccc(CCCc2ccc3nc(N)nc(N)c3c2)cc1)C(=O)OCC. The number of aryl methyl sites for hydroxylation is 2. The van der Waals surface area contributed by atoms with E-state index in [1.54, 1.807) is 26.0 Å². The Kier molecular flexibility index (Phi) is 9.76. The maximum atomic E-state index is 12.7. The quantitative estimate of drug-likeness (QED) is 0.313. The van der Waals surface area contributed by atoms with Gasteiger partial charge in [-0.2, -0.15) is 4.98 Å². The van der Waals surface area contributed by atoms with Crippen molar-refractivity contribution >= 4 is 40.5 Å². The normalized spacial score (nSPS) is 11.6. The molecule has 10 heteroatoms. The van der Waals surface area contributed by atoms with Gasteiger partial charge in [0, 0.05) is 17.4 Å². The number of benzene rings is 2. The van der Waals surface area contributed by atoms with Crippen molar-refractivity contribution in [3.8, 4) is 0 Å². The fraction of sp³-hybridized carbons (Fsp3) is 0.370. The van der Waals surface area contributed by atoms with Gasteiger partial charge in [-0.1, -0.05) is 18.2 Å². The lowest BCUT2D eigenvalue weighted by Gasteiger charge is -2.17. The number of amides is 1. The molecule has 0 unspecified atom stereocenters. The average molecular weight is 508 g/mol. The maximum Gasteiger partial charge on any atom is 0.328 e. The third-order valence-electron chi connectivity index (χ3n) is 5.77. The van der Waals surface area contributed by atoms with Crippen molar-refractivity contribution < 1.29 is 23.9 Å². The molecule has 5 N–H and O–H groups in total. The molecular formula is C27H33N5O5. The third-order valence-corrected chi connectivity index (χ3v) is 5.77. The molecule has 3 rings (SSSR count). The first kappa shape index (κ1) is 27.4. The lowest BCUT2D eigenvalue weighted by molar-refractivity contribution is -0.146. The molecule has 196 valence electrons. The minimum atomic E-state index is -0.936. The first-order valence-corrected chi connectivity index (χ1v) is 12.3. The molecule has 1 amide bonds. The Bertz CT molecular complexity index is 1250. The summed E-state index contributed by atoms with van der Waals surface area (Å²) in [7, 11) is 0. The zero-order valence-electron chi connectivity index (χ0n) is 21.2. The molecule has 37 heavy (non-hydrogen) atoms. The number of fused-ring (bicyclic) bond motifs is 1. The number of ether oxygens (including phenoxy) is 2. The van der Waals surface area contributed by atoms with Crippen LogP contribution in [0.15, 0.2) is 42.5 Å². The second-order valence-corrected chi connectivity index (χ2v) is 8.49. The number of esters is 2. The van der Waals surface area contributed by atoms with E-state index in [-0.39, 0.29) is 32.0 Å². The second-order valence-electron chi connectivity index (χ2n) is 8.49. The minimum Gasteiger partial charge on any atom is -0.466 e. The molecular weight excluding hydrogens is 474 g/mol. The fourth-order valence-corrected chi connectivity index (χ4v) is 3.92. The summed E-state index contributed by atoms with van der Waals surface area (Å²) in [6, 6.07) is 12.2. The molecule has 0 spiro atoms. The molecule has 10 nitrogen and oxygen atoms in total. The highest BCUT2D eigenvalue weighted by Gasteiger charge is 2.24. The number of nitrogens with one attached hydrogen (secondary N) is 1. The number of carbonyl (C=O) groups is 3. The van der Waals surface area contributed by atoms with Crippen LogP contribution in [0.2, 0.25) is 0 Å². The van der Waals surface area contributed by atoms with Gasteiger partial charge in [-0.15, -0.1) is 0 Å². The number of carbonyl (C=O) groups excluding carboxylic acids is 3. The van der Waals surface area contributed by atoms with Crippen molar-refractivity contribution in [3.63, 3.8) is 0 Å². The van der Waals surface area contributed by atoms with Crippen molar-refractivity contribution in [3.05, 3.63) is 59.2 Å². The molecule has 1 atom stereocenters. The molecule has 1 aromatic heterocycles. The largest absolute Gasteiger partial charge is 0.466 e. The molecule has 0 fully saturated rings. The molecule has 0 aliphatic carbocycles. The zero-order valence-corrected chi connectivity index (χ0v) is 21.2. The summed E-state index contributed by atoms with van der Waals surface area (Å²) >= 11 is 0. The van der Waals surface area contributed by atoms with Gasteiger partial charge in [0.2, 0.25) is 5.95 Å². The van der Waals surface area contributed by atoms with Gasteiger partial charge >= 0.3 is 11.9 Å². The van der Waals surface area contributed by atoms with Crippen LogP contribution in [-0.2, 0) is 31.9 Å². The first-order valence-electron chi connectivity index (χ1n) is 12.3. The van der Waals surface area contributed by atoms with E-state index >= 15 is 0 Å². The summed E-state index contributed by atoms with van der Waals surface area (Å²) < 4.78 is 9.95. The lowest BCUT2D eigenvalue weighted by Crippen LogP contribution is -2.42. The second kappa shape index (κ2) is 13.2. The van der Waals surface area contributed by atoms with Crippen LogP contribution in [0.25, 0.3) is 10.9 Å². The van der Waals surface area contributed by atoms with Gasteiger partial charge in [-0.05, 0) is 74.9 Å². The molecule has 0 bridgehead atoms. The Labute approximate surface area is 215 Å². The Morgan fingerprint density at radius 3 is 2.30 bits per heavy atom. The highest BCUT2D eigenvalue weighted by atomic mass is 16.5. The molecule has 0 saturated heterocycles. The number of nitrogens with zero attached hydrogens (tertiary/aromatic N) is 2. The van der Waals surface area contributed by atoms with Crippen molar-refractivity contribution in [2.45, 2.75) is 52.0 Å². The van der Waals surface area contributed by atoms with Crippen LogP contribution in [0.3, 0.4) is 0 Å². The van der Waals surface area contributed by atoms with E-state index in [2.05, 4.69) is 15.3 Å². The monoisotopic (exact) mass is 507 g/mol. The van der Waals surface area contributed by atoms with Gasteiger partial charge < -0.3 is 26.3 Å². The minimum absolute atomic E-state index is 0.00141. The predicted molar refractivity (Wildman–Crippen MR) is 141 cm³/mol. The smallest absolute Gasteiger partial charge is 0.328 e. The van der Waals surface area contributed by atoms with Crippen molar-refractivity contribution in [2.75, 3.05) is 24.7 Å². The summed E-state index contributed by atoms with van der Waals surface area (Å²) in [5.74, 6) is -0.903. The van der Waals surface area contributed by atoms with Crippen molar-refractivity contribution in [1.29, 1.82) is 0 Å². The van der Waals surface area contributed by atoms with Gasteiger partial charge in [0.1, 0.15) is 11.9 Å². The number of hydrogen-bond acceptors (Lipinski definition) is 9. The van der Waals surface area contributed by atoms with Crippen LogP contribution >= 0.6 is 0 Å². The Morgan fingerprint density at radius 1 is 0.919 bits per heavy atom. The summed E-state index contributed by atoms with van der Waals surface area (Å²) in [4.78, 5) is 44.9. The van der Waals surface area contributed by atoms with Gasteiger partial charge in [0.25, 0.3) is 5.91 Å². The van der Waals surface area contributed by atoms with E-state index in [1.165, 1.54) is 0 Å². The fourth-order valence-electron chi connectivity index (χ4n) is 3.92. The molecule has 0 saturated carbocycles. The molecule has 0 aliphatic rings. The third kappa shape index (κ3) is 7.89. The standard InChI is InChI=1S/C27H33N5O5/c1-3-36-23(33)15-14-22(26(35)37-4-2)30-25(34)19-11-8-17(9-12-19)6-5-7-18-10-13-21-20(16-18)24(28)32-27(29)31-21/h8-13,16,22H,3-7,14-15H2,1-2H3,(H,30,34)(H4,28,29,31,32)/t22-/m1/s1. The Morgan fingerprint density at radius 2 is 1.59 bits per heavy atom. The van der Waals surface area contributed by atoms with Crippen molar-refractivity contribution in [1.82, 2.24) is 15.3 Å². The predicted octanol–water partition coefficient (Wildman–Crippen LogP) is 2.97. The number of nitrogen functional groups attached to an aromatic ring is 2. The van der Waals surface area contributed by atoms with E-state index in [4.69, 9.17) is 20.9 Å². The number of rotatable bonds is 12. The molecule has 0 aliphatic heterocycles. The molecule has 3 aromatic rings. The van der Waals surface area contributed by atoms with E-state index < -0.39 is 23.9 Å². The van der Waals surface area contributed by atoms with E-state index in [9.17, 15) is 14.4 Å².